The number of rotatable bonds is 5. The monoisotopic (exact) mass is 370 g/mol. The number of hydrogen-bond acceptors (Lipinski definition) is 4. The number of anilines is 3. The van der Waals surface area contributed by atoms with Gasteiger partial charge in [0.1, 0.15) is 5.82 Å². The highest BCUT2D eigenvalue weighted by Gasteiger charge is 2.15. The molecule has 0 aromatic heterocycles. The molecule has 1 heterocycles. The molecule has 0 bridgehead atoms. The van der Waals surface area contributed by atoms with Gasteiger partial charge in [0.05, 0.1) is 23.6 Å². The van der Waals surface area contributed by atoms with E-state index in [1.54, 1.807) is 6.07 Å². The third-order valence-electron chi connectivity index (χ3n) is 4.42. The summed E-state index contributed by atoms with van der Waals surface area (Å²) in [6, 6.07) is 12.8. The Hall–Kier alpha value is -3.09. The van der Waals surface area contributed by atoms with Crippen molar-refractivity contribution in [3.05, 3.63) is 54.3 Å². The Kier molecular flexibility index (Phi) is 6.25. The van der Waals surface area contributed by atoms with Crippen LogP contribution in [0.4, 0.5) is 26.2 Å². The molecule has 3 rings (SSSR count). The molecule has 7 heteroatoms. The summed E-state index contributed by atoms with van der Waals surface area (Å²) in [5.41, 5.74) is 1.93. The zero-order chi connectivity index (χ0) is 19.1. The summed E-state index contributed by atoms with van der Waals surface area (Å²) in [4.78, 5) is 26.2. The fourth-order valence-corrected chi connectivity index (χ4v) is 3.10. The molecule has 142 valence electrons. The molecule has 0 saturated carbocycles. The van der Waals surface area contributed by atoms with Gasteiger partial charge < -0.3 is 15.5 Å². The van der Waals surface area contributed by atoms with Crippen molar-refractivity contribution in [1.82, 2.24) is 5.32 Å². The molecule has 1 aliphatic rings. The second-order valence-corrected chi connectivity index (χ2v) is 6.40. The first kappa shape index (κ1) is 18.7. The van der Waals surface area contributed by atoms with Gasteiger partial charge in [-0.05, 0) is 43.5 Å². The van der Waals surface area contributed by atoms with E-state index in [1.165, 1.54) is 24.6 Å². The molecular formula is C20H23FN4O2. The van der Waals surface area contributed by atoms with E-state index in [2.05, 4.69) is 20.9 Å². The summed E-state index contributed by atoms with van der Waals surface area (Å²) in [6.07, 6.45) is 3.56. The van der Waals surface area contributed by atoms with Crippen molar-refractivity contribution in [2.75, 3.05) is 35.2 Å². The highest BCUT2D eigenvalue weighted by Crippen LogP contribution is 2.27. The Labute approximate surface area is 157 Å². The standard InChI is InChI=1S/C20H23FN4O2/c21-15-8-2-3-9-16(15)23-20(27)24-19(26)14-22-17-10-4-5-11-18(17)25-12-6-1-7-13-25/h2-5,8-11,22H,1,6-7,12-14H2,(H2,23,24,26,27). The van der Waals surface area contributed by atoms with Crippen molar-refractivity contribution in [1.29, 1.82) is 0 Å². The minimum absolute atomic E-state index is 0.0196. The quantitative estimate of drug-likeness (QED) is 0.752. The van der Waals surface area contributed by atoms with Crippen molar-refractivity contribution in [3.8, 4) is 0 Å². The van der Waals surface area contributed by atoms with Gasteiger partial charge in [0.2, 0.25) is 5.91 Å². The average Bonchev–Trinajstić information content (AvgIpc) is 2.69. The molecule has 6 nitrogen and oxygen atoms in total. The lowest BCUT2D eigenvalue weighted by Gasteiger charge is -2.30. The molecule has 3 N–H and O–H groups in total. The van der Waals surface area contributed by atoms with Crippen molar-refractivity contribution >= 4 is 29.0 Å². The first-order valence-corrected chi connectivity index (χ1v) is 9.07. The van der Waals surface area contributed by atoms with Gasteiger partial charge in [-0.15, -0.1) is 0 Å². The van der Waals surface area contributed by atoms with Gasteiger partial charge in [-0.1, -0.05) is 24.3 Å². The number of nitrogens with one attached hydrogen (secondary N) is 3. The lowest BCUT2D eigenvalue weighted by molar-refractivity contribution is -0.118. The van der Waals surface area contributed by atoms with Crippen molar-refractivity contribution in [2.24, 2.45) is 0 Å². The Bertz CT molecular complexity index is 806. The second kappa shape index (κ2) is 9.02. The predicted octanol–water partition coefficient (Wildman–Crippen LogP) is 3.58. The molecule has 1 fully saturated rings. The highest BCUT2D eigenvalue weighted by atomic mass is 19.1. The number of para-hydroxylation sites is 3. The lowest BCUT2D eigenvalue weighted by atomic mass is 10.1. The first-order valence-electron chi connectivity index (χ1n) is 9.07. The number of urea groups is 1. The van der Waals surface area contributed by atoms with E-state index in [0.717, 1.165) is 37.3 Å². The number of carbonyl (C=O) groups excluding carboxylic acids is 2. The average molecular weight is 370 g/mol. The van der Waals surface area contributed by atoms with Crippen molar-refractivity contribution in [3.63, 3.8) is 0 Å². The summed E-state index contributed by atoms with van der Waals surface area (Å²) in [7, 11) is 0. The molecular weight excluding hydrogens is 347 g/mol. The zero-order valence-electron chi connectivity index (χ0n) is 15.0. The number of hydrogen-bond donors (Lipinski definition) is 3. The van der Waals surface area contributed by atoms with E-state index in [9.17, 15) is 14.0 Å². The summed E-state index contributed by atoms with van der Waals surface area (Å²) in [6.45, 7) is 1.93. The van der Waals surface area contributed by atoms with Crippen LogP contribution in [0.2, 0.25) is 0 Å². The van der Waals surface area contributed by atoms with Crippen molar-refractivity contribution in [2.45, 2.75) is 19.3 Å². The first-order chi connectivity index (χ1) is 13.1. The maximum Gasteiger partial charge on any atom is 0.326 e. The number of halogens is 1. The van der Waals surface area contributed by atoms with Crippen LogP contribution in [-0.2, 0) is 4.79 Å². The fourth-order valence-electron chi connectivity index (χ4n) is 3.10. The molecule has 3 amide bonds. The predicted molar refractivity (Wildman–Crippen MR) is 105 cm³/mol. The van der Waals surface area contributed by atoms with Crippen LogP contribution in [-0.4, -0.2) is 31.6 Å². The fraction of sp³-hybridized carbons (Fsp3) is 0.300. The molecule has 0 spiro atoms. The molecule has 27 heavy (non-hydrogen) atoms. The van der Waals surface area contributed by atoms with E-state index >= 15 is 0 Å². The molecule has 0 aliphatic carbocycles. The van der Waals surface area contributed by atoms with E-state index in [4.69, 9.17) is 0 Å². The van der Waals surface area contributed by atoms with Gasteiger partial charge in [0.15, 0.2) is 0 Å². The van der Waals surface area contributed by atoms with Crippen LogP contribution in [0.15, 0.2) is 48.5 Å². The van der Waals surface area contributed by atoms with E-state index in [-0.39, 0.29) is 12.2 Å². The summed E-state index contributed by atoms with van der Waals surface area (Å²) in [5, 5.41) is 7.60. The molecule has 0 radical (unpaired) electrons. The van der Waals surface area contributed by atoms with Crippen LogP contribution in [0, 0.1) is 5.82 Å². The molecule has 1 aliphatic heterocycles. The maximum atomic E-state index is 13.5. The summed E-state index contributed by atoms with van der Waals surface area (Å²) in [5.74, 6) is -1.06. The van der Waals surface area contributed by atoms with Crippen LogP contribution >= 0.6 is 0 Å². The van der Waals surface area contributed by atoms with Gasteiger partial charge in [-0.2, -0.15) is 0 Å². The van der Waals surface area contributed by atoms with Gasteiger partial charge in [-0.3, -0.25) is 10.1 Å². The molecule has 0 atom stereocenters. The SMILES string of the molecule is O=C(CNc1ccccc1N1CCCCC1)NC(=O)Nc1ccccc1F. The third kappa shape index (κ3) is 5.20. The van der Waals surface area contributed by atoms with Crippen LogP contribution in [0.3, 0.4) is 0 Å². The molecule has 0 unspecified atom stereocenters. The van der Waals surface area contributed by atoms with Gasteiger partial charge >= 0.3 is 6.03 Å². The maximum absolute atomic E-state index is 13.5. The van der Waals surface area contributed by atoms with Crippen LogP contribution in [0.25, 0.3) is 0 Å². The number of benzene rings is 2. The molecule has 2 aromatic rings. The number of nitrogens with zero attached hydrogens (tertiary/aromatic N) is 1. The molecule has 2 aromatic carbocycles. The largest absolute Gasteiger partial charge is 0.374 e. The smallest absolute Gasteiger partial charge is 0.326 e. The van der Waals surface area contributed by atoms with E-state index in [0.29, 0.717) is 0 Å². The Balaban J connectivity index is 1.53. The third-order valence-corrected chi connectivity index (χ3v) is 4.42. The van der Waals surface area contributed by atoms with Crippen molar-refractivity contribution < 1.29 is 14.0 Å². The van der Waals surface area contributed by atoms with Gasteiger partial charge in [0.25, 0.3) is 0 Å². The van der Waals surface area contributed by atoms with E-state index in [1.807, 2.05) is 24.3 Å². The number of amides is 3. The number of imide groups is 1. The van der Waals surface area contributed by atoms with Crippen LogP contribution in [0.5, 0.6) is 0 Å². The normalized spacial score (nSPS) is 13.7. The Morgan fingerprint density at radius 2 is 1.59 bits per heavy atom. The summed E-state index contributed by atoms with van der Waals surface area (Å²) >= 11 is 0. The minimum atomic E-state index is -0.767. The minimum Gasteiger partial charge on any atom is -0.374 e. The Morgan fingerprint density at radius 1 is 0.926 bits per heavy atom. The van der Waals surface area contributed by atoms with Gasteiger partial charge in [-0.25, -0.2) is 9.18 Å². The Morgan fingerprint density at radius 3 is 2.33 bits per heavy atom. The van der Waals surface area contributed by atoms with Gasteiger partial charge in [0, 0.05) is 13.1 Å². The second-order valence-electron chi connectivity index (χ2n) is 6.40. The highest BCUT2D eigenvalue weighted by molar-refractivity contribution is 6.02. The topological polar surface area (TPSA) is 73.5 Å². The van der Waals surface area contributed by atoms with E-state index < -0.39 is 17.8 Å². The lowest BCUT2D eigenvalue weighted by Crippen LogP contribution is -2.38. The number of carbonyl (C=O) groups is 2. The van der Waals surface area contributed by atoms with Crippen LogP contribution in [0.1, 0.15) is 19.3 Å². The number of piperidine rings is 1. The molecule has 1 saturated heterocycles. The summed E-state index contributed by atoms with van der Waals surface area (Å²) < 4.78 is 13.5. The van der Waals surface area contributed by atoms with Crippen LogP contribution < -0.4 is 20.9 Å². The zero-order valence-corrected chi connectivity index (χ0v) is 15.0.